The van der Waals surface area contributed by atoms with Crippen LogP contribution in [0.15, 0.2) is 146 Å². The van der Waals surface area contributed by atoms with Gasteiger partial charge in [0.2, 0.25) is 0 Å². The van der Waals surface area contributed by atoms with Gasteiger partial charge in [0.05, 0.1) is 21.3 Å². The fourth-order valence-corrected chi connectivity index (χ4v) is 14.0. The highest BCUT2D eigenvalue weighted by Gasteiger charge is 2.45. The van der Waals surface area contributed by atoms with E-state index in [-0.39, 0.29) is 23.1 Å². The van der Waals surface area contributed by atoms with Gasteiger partial charge in [-0.25, -0.2) is 4.98 Å². The minimum absolute atomic E-state index is 0.0329. The number of thiophene rings is 1. The Balaban J connectivity index is 1.12. The Bertz CT molecular complexity index is 3930. The predicted molar refractivity (Wildman–Crippen MR) is 286 cm³/mol. The maximum absolute atomic E-state index is 5.41. The van der Waals surface area contributed by atoms with Crippen molar-refractivity contribution in [2.45, 2.75) is 71.6 Å². The third-order valence-electron chi connectivity index (χ3n) is 15.3. The van der Waals surface area contributed by atoms with Crippen molar-refractivity contribution < 1.29 is 0 Å². The second kappa shape index (κ2) is 12.9. The second-order valence-electron chi connectivity index (χ2n) is 21.6. The molecule has 0 saturated carbocycles. The third kappa shape index (κ3) is 5.17. The van der Waals surface area contributed by atoms with Crippen LogP contribution < -0.4 is 15.7 Å². The van der Waals surface area contributed by atoms with E-state index < -0.39 is 0 Å². The number of hydrogen-bond donors (Lipinski definition) is 0. The Morgan fingerprint density at radius 1 is 0.530 bits per heavy atom. The Kier molecular flexibility index (Phi) is 7.58. The standard InChI is InChI=1S/C60H48BN3S2/c1-58(2,3)34-18-21-36(22-19-34)64-50-29-44-38-23-20-35(59(4,5)6)26-52(38)65-53(44)30-43(50)39-24-25-40-42-27-46-41(37-16-12-13-17-45(37)60(46,7)8)28-49(42)63-51-32-54-48(31-47(51)61(64)55(39)56(40)63)62-57(66-54)33-14-10-9-11-15-33/h9-32H,1-8H3. The molecule has 2 aliphatic heterocycles. The van der Waals surface area contributed by atoms with Gasteiger partial charge in [0.1, 0.15) is 5.01 Å². The van der Waals surface area contributed by atoms with Crippen molar-refractivity contribution in [2.75, 3.05) is 4.81 Å². The number of fused-ring (bicyclic) bond motifs is 15. The number of aromatic nitrogens is 2. The largest absolute Gasteiger partial charge is 0.376 e. The van der Waals surface area contributed by atoms with E-state index in [2.05, 4.69) is 210 Å². The van der Waals surface area contributed by atoms with Crippen molar-refractivity contribution in [3.8, 4) is 38.5 Å². The van der Waals surface area contributed by atoms with E-state index in [0.29, 0.717) is 0 Å². The molecule has 0 atom stereocenters. The normalized spacial score (nSPS) is 14.7. The van der Waals surface area contributed by atoms with E-state index >= 15 is 0 Å². The van der Waals surface area contributed by atoms with Crippen LogP contribution in [-0.4, -0.2) is 16.4 Å². The van der Waals surface area contributed by atoms with Gasteiger partial charge in [-0.05, 0) is 115 Å². The molecule has 318 valence electrons. The number of thiazole rings is 1. The first-order chi connectivity index (χ1) is 31.7. The zero-order valence-corrected chi connectivity index (χ0v) is 40.2. The molecule has 0 bridgehead atoms. The molecule has 0 radical (unpaired) electrons. The molecule has 5 heterocycles. The Hall–Kier alpha value is -6.47. The van der Waals surface area contributed by atoms with Gasteiger partial charge < -0.3 is 9.38 Å². The van der Waals surface area contributed by atoms with E-state index in [1.165, 1.54) is 119 Å². The lowest BCUT2D eigenvalue weighted by molar-refractivity contribution is 0.590. The molecule has 6 heteroatoms. The number of rotatable bonds is 2. The smallest absolute Gasteiger partial charge is 0.333 e. The Morgan fingerprint density at radius 3 is 2.05 bits per heavy atom. The number of benzene rings is 8. The van der Waals surface area contributed by atoms with Crippen LogP contribution in [0.25, 0.3) is 90.7 Å². The van der Waals surface area contributed by atoms with Crippen molar-refractivity contribution in [1.29, 1.82) is 0 Å². The quantitative estimate of drug-likeness (QED) is 0.161. The number of nitrogens with zero attached hydrogens (tertiary/aromatic N) is 3. The molecule has 3 aromatic heterocycles. The SMILES string of the molecule is CC(C)(C)c1ccc(N2B3c4cc5nc(-c6ccccc6)sc5cc4-n4c5cc6c(cc5c5ccc(c3c54)-c3cc4sc5cc(C(C)(C)C)ccc5c4cc32)C(C)(C)c2ccccc2-6)cc1. The summed E-state index contributed by atoms with van der Waals surface area (Å²) in [6.45, 7) is 18.6. The van der Waals surface area contributed by atoms with Crippen molar-refractivity contribution in [3.05, 3.63) is 168 Å². The Labute approximate surface area is 394 Å². The summed E-state index contributed by atoms with van der Waals surface area (Å²) in [6, 6.07) is 56.3. The van der Waals surface area contributed by atoms with Gasteiger partial charge in [0.15, 0.2) is 0 Å². The molecule has 0 spiro atoms. The minimum Gasteiger partial charge on any atom is -0.376 e. The van der Waals surface area contributed by atoms with Crippen LogP contribution >= 0.6 is 22.7 Å². The van der Waals surface area contributed by atoms with E-state index in [9.17, 15) is 0 Å². The van der Waals surface area contributed by atoms with Crippen LogP contribution in [0.3, 0.4) is 0 Å². The maximum atomic E-state index is 5.41. The molecule has 66 heavy (non-hydrogen) atoms. The summed E-state index contributed by atoms with van der Waals surface area (Å²) in [5.74, 6) is 0. The fourth-order valence-electron chi connectivity index (χ4n) is 11.8. The lowest BCUT2D eigenvalue weighted by atomic mass is 9.44. The van der Waals surface area contributed by atoms with Crippen molar-refractivity contribution in [1.82, 2.24) is 9.55 Å². The van der Waals surface area contributed by atoms with Gasteiger partial charge in [-0.2, -0.15) is 0 Å². The summed E-state index contributed by atoms with van der Waals surface area (Å²) in [4.78, 5) is 8.09. The predicted octanol–water partition coefficient (Wildman–Crippen LogP) is 15.6. The van der Waals surface area contributed by atoms with E-state index in [1.807, 2.05) is 11.3 Å². The summed E-state index contributed by atoms with van der Waals surface area (Å²) < 4.78 is 6.52. The van der Waals surface area contributed by atoms with Crippen LogP contribution in [0.5, 0.6) is 0 Å². The number of hydrogen-bond acceptors (Lipinski definition) is 4. The van der Waals surface area contributed by atoms with Crippen LogP contribution in [-0.2, 0) is 16.2 Å². The molecule has 8 aromatic carbocycles. The summed E-state index contributed by atoms with van der Waals surface area (Å²) in [6.07, 6.45) is 0. The summed E-state index contributed by atoms with van der Waals surface area (Å²) in [5.41, 5.74) is 21.9. The average molecular weight is 886 g/mol. The highest BCUT2D eigenvalue weighted by Crippen LogP contribution is 2.53. The van der Waals surface area contributed by atoms with Crippen LogP contribution in [0.4, 0.5) is 11.4 Å². The van der Waals surface area contributed by atoms with Crippen LogP contribution in [0.2, 0.25) is 0 Å². The van der Waals surface area contributed by atoms with E-state index in [1.54, 1.807) is 11.3 Å². The van der Waals surface area contributed by atoms with E-state index in [4.69, 9.17) is 4.98 Å². The molecular weight excluding hydrogens is 838 g/mol. The van der Waals surface area contributed by atoms with Crippen LogP contribution in [0.1, 0.15) is 77.6 Å². The second-order valence-corrected chi connectivity index (χ2v) is 23.7. The third-order valence-corrected chi connectivity index (χ3v) is 17.5. The average Bonchev–Trinajstić information content (AvgIpc) is 4.04. The first-order valence-corrected chi connectivity index (χ1v) is 25.0. The molecular formula is C60H48BN3S2. The molecule has 3 nitrogen and oxygen atoms in total. The molecule has 0 unspecified atom stereocenters. The van der Waals surface area contributed by atoms with Gasteiger partial charge in [0, 0.05) is 64.5 Å². The number of anilines is 2. The molecule has 11 aromatic rings. The molecule has 0 fully saturated rings. The molecule has 0 N–H and O–H groups in total. The fraction of sp³-hybridized carbons (Fsp3) is 0.183. The van der Waals surface area contributed by atoms with Gasteiger partial charge in [0.25, 0.3) is 0 Å². The van der Waals surface area contributed by atoms with Gasteiger partial charge >= 0.3 is 6.85 Å². The summed E-state index contributed by atoms with van der Waals surface area (Å²) in [7, 11) is 0. The van der Waals surface area contributed by atoms with Crippen molar-refractivity contribution in [3.63, 3.8) is 0 Å². The van der Waals surface area contributed by atoms with Crippen molar-refractivity contribution in [2.24, 2.45) is 0 Å². The molecule has 3 aliphatic rings. The first-order valence-electron chi connectivity index (χ1n) is 23.4. The molecule has 14 rings (SSSR count). The molecule has 0 saturated heterocycles. The highest BCUT2D eigenvalue weighted by molar-refractivity contribution is 7.26. The maximum Gasteiger partial charge on any atom is 0.333 e. The molecule has 0 amide bonds. The zero-order chi connectivity index (χ0) is 44.8. The lowest BCUT2D eigenvalue weighted by Gasteiger charge is -2.42. The van der Waals surface area contributed by atoms with Gasteiger partial charge in [-0.1, -0.05) is 146 Å². The van der Waals surface area contributed by atoms with E-state index in [0.717, 1.165) is 16.1 Å². The van der Waals surface area contributed by atoms with Crippen LogP contribution in [0, 0.1) is 0 Å². The highest BCUT2D eigenvalue weighted by atomic mass is 32.1. The zero-order valence-electron chi connectivity index (χ0n) is 38.6. The van der Waals surface area contributed by atoms with Gasteiger partial charge in [-0.3, -0.25) is 0 Å². The monoisotopic (exact) mass is 885 g/mol. The minimum atomic E-state index is -0.107. The lowest BCUT2D eigenvalue weighted by Crippen LogP contribution is -2.60. The van der Waals surface area contributed by atoms with Crippen molar-refractivity contribution >= 4 is 104 Å². The summed E-state index contributed by atoms with van der Waals surface area (Å²) in [5, 5.41) is 6.33. The summed E-state index contributed by atoms with van der Waals surface area (Å²) >= 11 is 3.73. The van der Waals surface area contributed by atoms with Gasteiger partial charge in [-0.15, -0.1) is 22.7 Å². The first kappa shape index (κ1) is 38.8. The molecule has 1 aliphatic carbocycles. The topological polar surface area (TPSA) is 21.1 Å². The Morgan fingerprint density at radius 2 is 1.26 bits per heavy atom.